The third kappa shape index (κ3) is 12.0. The van der Waals surface area contributed by atoms with Crippen molar-refractivity contribution < 1.29 is 23.4 Å². The first-order valence-electron chi connectivity index (χ1n) is 18.4. The number of pyridine rings is 1. The zero-order valence-electron chi connectivity index (χ0n) is 31.8. The minimum atomic E-state index is -0.291. The highest BCUT2D eigenvalue weighted by Crippen LogP contribution is 2.34. The zero-order chi connectivity index (χ0) is 38.0. The third-order valence-electron chi connectivity index (χ3n) is 9.41. The van der Waals surface area contributed by atoms with Crippen LogP contribution in [0.4, 0.5) is 4.39 Å². The van der Waals surface area contributed by atoms with Crippen molar-refractivity contribution in [2.45, 2.75) is 53.2 Å². The molecule has 6 rings (SSSR count). The number of ether oxygens (including phenoxy) is 3. The van der Waals surface area contributed by atoms with Gasteiger partial charge in [-0.2, -0.15) is 0 Å². The molecule has 1 aromatic heterocycles. The number of aryl methyl sites for hydroxylation is 2. The lowest BCUT2D eigenvalue weighted by Crippen LogP contribution is -2.47. The van der Waals surface area contributed by atoms with Gasteiger partial charge in [0.1, 0.15) is 23.9 Å². The summed E-state index contributed by atoms with van der Waals surface area (Å²) in [6.45, 7) is 12.8. The van der Waals surface area contributed by atoms with Crippen molar-refractivity contribution in [1.82, 2.24) is 14.8 Å². The van der Waals surface area contributed by atoms with Gasteiger partial charge in [-0.05, 0) is 107 Å². The second kappa shape index (κ2) is 19.6. The third-order valence-corrected chi connectivity index (χ3v) is 9.69. The van der Waals surface area contributed by atoms with Crippen LogP contribution < -0.4 is 14.2 Å². The summed E-state index contributed by atoms with van der Waals surface area (Å²) in [5.41, 5.74) is 7.01. The van der Waals surface area contributed by atoms with E-state index in [0.717, 1.165) is 54.1 Å². The van der Waals surface area contributed by atoms with Gasteiger partial charge in [-0.3, -0.25) is 9.69 Å². The van der Waals surface area contributed by atoms with Crippen LogP contribution in [0, 0.1) is 19.7 Å². The molecule has 0 unspecified atom stereocenters. The molecule has 1 fully saturated rings. The van der Waals surface area contributed by atoms with E-state index in [1.165, 1.54) is 28.8 Å². The molecule has 0 N–H and O–H groups in total. The Morgan fingerprint density at radius 3 is 2.22 bits per heavy atom. The highest BCUT2D eigenvalue weighted by atomic mass is 35.5. The highest BCUT2D eigenvalue weighted by Gasteiger charge is 2.20. The van der Waals surface area contributed by atoms with E-state index < -0.39 is 0 Å². The Hall–Kier alpha value is -4.89. The number of hydrogen-bond acceptors (Lipinski definition) is 6. The topological polar surface area (TPSA) is 64.1 Å². The number of hydrogen-bond donors (Lipinski definition) is 0. The predicted octanol–water partition coefficient (Wildman–Crippen LogP) is 10.4. The summed E-state index contributed by atoms with van der Waals surface area (Å²) < 4.78 is 31.4. The zero-order valence-corrected chi connectivity index (χ0v) is 33.3. The molecule has 0 radical (unpaired) electrons. The lowest BCUT2D eigenvalue weighted by atomic mass is 10.0. The lowest BCUT2D eigenvalue weighted by Gasteiger charge is -2.34. The number of carbonyl (C=O) groups excluding carboxylic acids is 1. The van der Waals surface area contributed by atoms with E-state index in [1.807, 2.05) is 43.0 Å². The Bertz CT molecular complexity index is 2000. The molecule has 288 valence electrons. The normalized spacial score (nSPS) is 13.2. The van der Waals surface area contributed by atoms with E-state index in [4.69, 9.17) is 25.8 Å². The maximum Gasteiger partial charge on any atom is 0.246 e. The van der Waals surface area contributed by atoms with Gasteiger partial charge in [0.15, 0.2) is 5.75 Å². The molecular weight excluding hydrogens is 736 g/mol. The van der Waals surface area contributed by atoms with Crippen LogP contribution in [0.25, 0.3) is 6.08 Å². The average Bonchev–Trinajstić information content (AvgIpc) is 3.16. The summed E-state index contributed by atoms with van der Waals surface area (Å²) in [5.74, 6) is 2.48. The van der Waals surface area contributed by atoms with Gasteiger partial charge < -0.3 is 19.1 Å². The Balaban J connectivity index is 0.00000580. The second-order valence-corrected chi connectivity index (χ2v) is 14.5. The molecule has 0 atom stereocenters. The minimum Gasteiger partial charge on any atom is -0.493 e. The van der Waals surface area contributed by atoms with Gasteiger partial charge in [0.2, 0.25) is 11.8 Å². The molecule has 1 saturated heterocycles. The molecule has 7 nitrogen and oxygen atoms in total. The molecule has 0 saturated carbocycles. The Morgan fingerprint density at radius 2 is 1.56 bits per heavy atom. The van der Waals surface area contributed by atoms with Crippen LogP contribution in [0.1, 0.15) is 58.7 Å². The fourth-order valence-electron chi connectivity index (χ4n) is 6.37. The Morgan fingerprint density at radius 1 is 0.855 bits per heavy atom. The first-order valence-corrected chi connectivity index (χ1v) is 18.8. The van der Waals surface area contributed by atoms with Crippen LogP contribution in [0.15, 0.2) is 103 Å². The molecule has 4 aromatic carbocycles. The van der Waals surface area contributed by atoms with Crippen LogP contribution in [-0.2, 0) is 24.4 Å². The Labute approximate surface area is 335 Å². The summed E-state index contributed by atoms with van der Waals surface area (Å²) in [6.07, 6.45) is 5.80. The molecule has 55 heavy (non-hydrogen) atoms. The summed E-state index contributed by atoms with van der Waals surface area (Å²) in [6, 6.07) is 29.0. The van der Waals surface area contributed by atoms with Crippen molar-refractivity contribution in [1.29, 1.82) is 0 Å². The maximum atomic E-state index is 13.7. The highest BCUT2D eigenvalue weighted by molar-refractivity contribution is 6.32. The summed E-state index contributed by atoms with van der Waals surface area (Å²) in [5, 5.41) is 0.410. The molecule has 1 amide bonds. The quantitative estimate of drug-likeness (QED) is 0.105. The van der Waals surface area contributed by atoms with Crippen LogP contribution in [0.2, 0.25) is 5.02 Å². The summed E-state index contributed by atoms with van der Waals surface area (Å²) in [7, 11) is 0. The molecule has 0 bridgehead atoms. The molecule has 5 aromatic rings. The molecule has 10 heteroatoms. The number of piperazine rings is 1. The molecular formula is C45H48Cl2FN3O4. The maximum absolute atomic E-state index is 13.7. The molecule has 2 heterocycles. The van der Waals surface area contributed by atoms with Gasteiger partial charge in [-0.1, -0.05) is 67.9 Å². The molecule has 0 spiro atoms. The van der Waals surface area contributed by atoms with Crippen molar-refractivity contribution in [3.8, 4) is 23.1 Å². The number of rotatable bonds is 14. The summed E-state index contributed by atoms with van der Waals surface area (Å²) in [4.78, 5) is 21.7. The van der Waals surface area contributed by atoms with Crippen molar-refractivity contribution in [3.05, 3.63) is 153 Å². The smallest absolute Gasteiger partial charge is 0.246 e. The monoisotopic (exact) mass is 783 g/mol. The van der Waals surface area contributed by atoms with Gasteiger partial charge in [0.05, 0.1) is 17.8 Å². The summed E-state index contributed by atoms with van der Waals surface area (Å²) >= 11 is 6.62. The Kier molecular flexibility index (Phi) is 14.7. The van der Waals surface area contributed by atoms with Crippen molar-refractivity contribution >= 4 is 36.0 Å². The van der Waals surface area contributed by atoms with Crippen molar-refractivity contribution in [2.24, 2.45) is 0 Å². The van der Waals surface area contributed by atoms with Crippen LogP contribution in [0.5, 0.6) is 23.1 Å². The fraction of sp³-hybridized carbons (Fsp3) is 0.289. The van der Waals surface area contributed by atoms with E-state index in [1.54, 1.807) is 36.5 Å². The number of halogens is 3. The van der Waals surface area contributed by atoms with E-state index in [2.05, 4.69) is 60.1 Å². The fourth-order valence-corrected chi connectivity index (χ4v) is 6.68. The predicted molar refractivity (Wildman–Crippen MR) is 220 cm³/mol. The standard InChI is InChI=1S/C45H47ClFN3O4.ClH/c1-31(2)38-10-12-40(13-11-38)52-22-17-34-5-7-35(8-6-34)29-49-18-20-50(21-19-49)44(51)16-9-36-25-33(4)45(42(46)27-36)54-43-15-14-41(28-48-43)53-30-37-23-32(3)24-39(47)26-37;/h5-16,23-28,31H,17-22,29-30H2,1-4H3;1H. The van der Waals surface area contributed by atoms with Gasteiger partial charge in [-0.15, -0.1) is 12.4 Å². The number of nitrogens with zero attached hydrogens (tertiary/aromatic N) is 3. The van der Waals surface area contributed by atoms with Crippen LogP contribution in [0.3, 0.4) is 0 Å². The van der Waals surface area contributed by atoms with Gasteiger partial charge in [0.25, 0.3) is 0 Å². The number of amides is 1. The van der Waals surface area contributed by atoms with E-state index in [0.29, 0.717) is 48.0 Å². The van der Waals surface area contributed by atoms with E-state index in [9.17, 15) is 9.18 Å². The van der Waals surface area contributed by atoms with Gasteiger partial charge in [0, 0.05) is 51.3 Å². The minimum absolute atomic E-state index is 0. The van der Waals surface area contributed by atoms with Gasteiger partial charge >= 0.3 is 0 Å². The second-order valence-electron chi connectivity index (χ2n) is 14.1. The molecule has 1 aliphatic heterocycles. The SMILES string of the molecule is Cc1cc(F)cc(COc2ccc(Oc3c(C)cc(C=CC(=O)N4CCN(Cc5ccc(CCOc6ccc(C(C)C)cc6)cc5)CC4)cc3Cl)nc2)c1.Cl. The number of aromatic nitrogens is 1. The van der Waals surface area contributed by atoms with Crippen LogP contribution in [-0.4, -0.2) is 53.5 Å². The first-order chi connectivity index (χ1) is 26.1. The van der Waals surface area contributed by atoms with E-state index >= 15 is 0 Å². The molecule has 1 aliphatic rings. The average molecular weight is 785 g/mol. The van der Waals surface area contributed by atoms with E-state index in [-0.39, 0.29) is 30.7 Å². The number of benzene rings is 4. The van der Waals surface area contributed by atoms with Crippen molar-refractivity contribution in [3.63, 3.8) is 0 Å². The van der Waals surface area contributed by atoms with Crippen molar-refractivity contribution in [2.75, 3.05) is 32.8 Å². The van der Waals surface area contributed by atoms with Gasteiger partial charge in [-0.25, -0.2) is 9.37 Å². The number of carbonyl (C=O) groups is 1. The molecule has 0 aliphatic carbocycles. The first kappa shape index (κ1) is 41.3. The lowest BCUT2D eigenvalue weighted by molar-refractivity contribution is -0.127. The largest absolute Gasteiger partial charge is 0.493 e. The van der Waals surface area contributed by atoms with Crippen LogP contribution >= 0.6 is 24.0 Å².